The molecule has 1 aliphatic carbocycles. The number of allylic oxidation sites excluding steroid dienone is 4. The lowest BCUT2D eigenvalue weighted by Crippen LogP contribution is -2.28. The van der Waals surface area contributed by atoms with Gasteiger partial charge in [0.2, 0.25) is 0 Å². The smallest absolute Gasteiger partial charge is 0.119 e. The Kier molecular flexibility index (Phi) is 7.79. The molecule has 0 N–H and O–H groups in total. The highest BCUT2D eigenvalue weighted by molar-refractivity contribution is 5.17. The predicted molar refractivity (Wildman–Crippen MR) is 67.7 cm³/mol. The molecule has 1 fully saturated rings. The predicted octanol–water partition coefficient (Wildman–Crippen LogP) is 4.47. The van der Waals surface area contributed by atoms with Gasteiger partial charge in [-0.2, -0.15) is 0 Å². The fraction of sp³-hybridized carbons (Fsp3) is 0.571. The van der Waals surface area contributed by atoms with E-state index in [1.807, 2.05) is 39.0 Å². The lowest BCUT2D eigenvalue weighted by Gasteiger charge is -2.33. The van der Waals surface area contributed by atoms with Crippen LogP contribution in [0.4, 0.5) is 0 Å². The Balaban J connectivity index is 0.000000921. The van der Waals surface area contributed by atoms with Gasteiger partial charge in [0.15, 0.2) is 0 Å². The Morgan fingerprint density at radius 3 is 2.33 bits per heavy atom. The molecule has 0 atom stereocenters. The number of hydrogen-bond donors (Lipinski definition) is 0. The Morgan fingerprint density at radius 2 is 1.93 bits per heavy atom. The molecule has 15 heavy (non-hydrogen) atoms. The molecular weight excluding hydrogens is 184 g/mol. The van der Waals surface area contributed by atoms with E-state index in [0.29, 0.717) is 6.10 Å². The van der Waals surface area contributed by atoms with Crippen LogP contribution in [-0.4, -0.2) is 6.10 Å². The lowest BCUT2D eigenvalue weighted by molar-refractivity contribution is 0.0229. The fourth-order valence-corrected chi connectivity index (χ4v) is 1.53. The Morgan fingerprint density at radius 1 is 1.33 bits per heavy atom. The van der Waals surface area contributed by atoms with Gasteiger partial charge in [-0.3, -0.25) is 0 Å². The average molecular weight is 208 g/mol. The van der Waals surface area contributed by atoms with E-state index in [1.54, 1.807) is 6.08 Å². The van der Waals surface area contributed by atoms with Gasteiger partial charge in [0, 0.05) is 0 Å². The molecule has 0 bridgehead atoms. The first kappa shape index (κ1) is 14.0. The van der Waals surface area contributed by atoms with Crippen molar-refractivity contribution >= 4 is 0 Å². The minimum Gasteiger partial charge on any atom is -0.490 e. The number of ether oxygens (including phenoxy) is 1. The highest BCUT2D eigenvalue weighted by atomic mass is 16.5. The molecule has 0 aliphatic heterocycles. The molecule has 0 unspecified atom stereocenters. The number of rotatable bonds is 4. The highest BCUT2D eigenvalue weighted by Gasteiger charge is 2.26. The van der Waals surface area contributed by atoms with Gasteiger partial charge < -0.3 is 4.74 Å². The summed E-state index contributed by atoms with van der Waals surface area (Å²) in [6.45, 7) is 11.9. The minimum atomic E-state index is 0.428. The molecule has 0 radical (unpaired) electrons. The SMILES string of the molecule is C=C/C=C(\C=C/C)OC1CC(C)C1.CC. The van der Waals surface area contributed by atoms with E-state index >= 15 is 0 Å². The van der Waals surface area contributed by atoms with E-state index < -0.39 is 0 Å². The quantitative estimate of drug-likeness (QED) is 0.489. The first-order chi connectivity index (χ1) is 7.26. The normalized spacial score (nSPS) is 25.2. The van der Waals surface area contributed by atoms with E-state index in [-0.39, 0.29) is 0 Å². The molecule has 0 heterocycles. The molecule has 0 amide bonds. The zero-order valence-corrected chi connectivity index (χ0v) is 10.5. The van der Waals surface area contributed by atoms with Crippen LogP contribution in [0.5, 0.6) is 0 Å². The highest BCUT2D eigenvalue weighted by Crippen LogP contribution is 2.30. The van der Waals surface area contributed by atoms with Gasteiger partial charge in [0.1, 0.15) is 5.76 Å². The summed E-state index contributed by atoms with van der Waals surface area (Å²) < 4.78 is 5.74. The largest absolute Gasteiger partial charge is 0.490 e. The van der Waals surface area contributed by atoms with Crippen LogP contribution in [0.1, 0.15) is 40.5 Å². The van der Waals surface area contributed by atoms with Crippen LogP contribution in [-0.2, 0) is 4.74 Å². The van der Waals surface area contributed by atoms with Crippen LogP contribution in [0, 0.1) is 5.92 Å². The maximum absolute atomic E-state index is 5.74. The van der Waals surface area contributed by atoms with Crippen molar-refractivity contribution in [2.75, 3.05) is 0 Å². The van der Waals surface area contributed by atoms with Gasteiger partial charge >= 0.3 is 0 Å². The van der Waals surface area contributed by atoms with E-state index in [9.17, 15) is 0 Å². The average Bonchev–Trinajstić information content (AvgIpc) is 2.19. The monoisotopic (exact) mass is 208 g/mol. The molecule has 0 spiro atoms. The van der Waals surface area contributed by atoms with Crippen molar-refractivity contribution in [1.29, 1.82) is 0 Å². The van der Waals surface area contributed by atoms with Crippen molar-refractivity contribution in [2.24, 2.45) is 5.92 Å². The molecular formula is C14H24O. The number of hydrogen-bond acceptors (Lipinski definition) is 1. The fourth-order valence-electron chi connectivity index (χ4n) is 1.53. The van der Waals surface area contributed by atoms with E-state index in [1.165, 1.54) is 12.8 Å². The first-order valence-electron chi connectivity index (χ1n) is 5.88. The molecule has 0 aromatic carbocycles. The van der Waals surface area contributed by atoms with Gasteiger partial charge in [0.05, 0.1) is 6.10 Å². The van der Waals surface area contributed by atoms with Gasteiger partial charge in [-0.05, 0) is 37.8 Å². The second kappa shape index (κ2) is 8.34. The summed E-state index contributed by atoms with van der Waals surface area (Å²) in [4.78, 5) is 0. The summed E-state index contributed by atoms with van der Waals surface area (Å²) >= 11 is 0. The Bertz CT molecular complexity index is 219. The standard InChI is InChI=1S/C12H18O.C2H6/c1-4-6-11(7-5-2)13-12-8-10(3)9-12;1-2/h4-7,10,12H,1,8-9H2,2-3H3;1-2H3/b7-5-,11-6+;. The van der Waals surface area contributed by atoms with E-state index in [2.05, 4.69) is 13.5 Å². The maximum Gasteiger partial charge on any atom is 0.119 e. The summed E-state index contributed by atoms with van der Waals surface area (Å²) in [5, 5.41) is 0. The van der Waals surface area contributed by atoms with Crippen molar-refractivity contribution < 1.29 is 4.74 Å². The van der Waals surface area contributed by atoms with E-state index in [4.69, 9.17) is 4.74 Å². The Labute approximate surface area is 94.5 Å². The summed E-state index contributed by atoms with van der Waals surface area (Å²) in [6.07, 6.45) is 10.4. The molecule has 1 saturated carbocycles. The van der Waals surface area contributed by atoms with Crippen molar-refractivity contribution in [3.63, 3.8) is 0 Å². The molecule has 1 heteroatoms. The second-order valence-electron chi connectivity index (χ2n) is 3.62. The summed E-state index contributed by atoms with van der Waals surface area (Å²) in [5.41, 5.74) is 0. The zero-order chi connectivity index (χ0) is 11.7. The van der Waals surface area contributed by atoms with Gasteiger partial charge in [0.25, 0.3) is 0 Å². The summed E-state index contributed by atoms with van der Waals surface area (Å²) in [5.74, 6) is 1.76. The summed E-state index contributed by atoms with van der Waals surface area (Å²) in [6, 6.07) is 0. The molecule has 86 valence electrons. The van der Waals surface area contributed by atoms with Crippen LogP contribution in [0.15, 0.2) is 36.6 Å². The molecule has 0 aromatic rings. The molecule has 1 aliphatic rings. The zero-order valence-electron chi connectivity index (χ0n) is 10.5. The molecule has 0 aromatic heterocycles. The third kappa shape index (κ3) is 5.46. The molecule has 0 saturated heterocycles. The Hall–Kier alpha value is -0.980. The van der Waals surface area contributed by atoms with Crippen LogP contribution in [0.3, 0.4) is 0 Å². The van der Waals surface area contributed by atoms with Crippen molar-refractivity contribution in [1.82, 2.24) is 0 Å². The van der Waals surface area contributed by atoms with Crippen LogP contribution in [0.25, 0.3) is 0 Å². The second-order valence-corrected chi connectivity index (χ2v) is 3.62. The van der Waals surface area contributed by atoms with E-state index in [0.717, 1.165) is 11.7 Å². The molecule has 1 nitrogen and oxygen atoms in total. The third-order valence-electron chi connectivity index (χ3n) is 2.25. The lowest BCUT2D eigenvalue weighted by atomic mass is 9.84. The molecule has 1 rings (SSSR count). The minimum absolute atomic E-state index is 0.428. The van der Waals surface area contributed by atoms with Gasteiger partial charge in [-0.1, -0.05) is 39.5 Å². The third-order valence-corrected chi connectivity index (χ3v) is 2.25. The van der Waals surface area contributed by atoms with Crippen LogP contribution >= 0.6 is 0 Å². The van der Waals surface area contributed by atoms with Gasteiger partial charge in [-0.25, -0.2) is 0 Å². The first-order valence-corrected chi connectivity index (χ1v) is 5.88. The van der Waals surface area contributed by atoms with Crippen molar-refractivity contribution in [3.8, 4) is 0 Å². The topological polar surface area (TPSA) is 9.23 Å². The van der Waals surface area contributed by atoms with Crippen molar-refractivity contribution in [3.05, 3.63) is 36.6 Å². The van der Waals surface area contributed by atoms with Crippen LogP contribution in [0.2, 0.25) is 0 Å². The summed E-state index contributed by atoms with van der Waals surface area (Å²) in [7, 11) is 0. The maximum atomic E-state index is 5.74. The van der Waals surface area contributed by atoms with Crippen LogP contribution < -0.4 is 0 Å². The van der Waals surface area contributed by atoms with Gasteiger partial charge in [-0.15, -0.1) is 0 Å². The van der Waals surface area contributed by atoms with Crippen molar-refractivity contribution in [2.45, 2.75) is 46.6 Å².